The smallest absolute Gasteiger partial charge is 0.264 e. The van der Waals surface area contributed by atoms with Crippen LogP contribution in [0.15, 0.2) is 83.8 Å². The molecule has 0 aliphatic rings. The summed E-state index contributed by atoms with van der Waals surface area (Å²) in [5.74, 6) is 0.637. The molecule has 9 heteroatoms. The molecule has 4 rings (SSSR count). The molecule has 0 amide bonds. The van der Waals surface area contributed by atoms with Gasteiger partial charge in [0.1, 0.15) is 5.75 Å². The maximum absolute atomic E-state index is 12.7. The predicted octanol–water partition coefficient (Wildman–Crippen LogP) is 4.29. The van der Waals surface area contributed by atoms with Gasteiger partial charge in [-0.15, -0.1) is 11.3 Å². The third-order valence-corrected chi connectivity index (χ3v) is 6.45. The fraction of sp³-hybridized carbons (Fsp3) is 0.0476. The number of hydrogen-bond donors (Lipinski definition) is 2. The molecular weight excluding hydrogens is 422 g/mol. The second-order valence-corrected chi connectivity index (χ2v) is 9.02. The number of anilines is 1. The van der Waals surface area contributed by atoms with Crippen molar-refractivity contribution < 1.29 is 18.3 Å². The van der Waals surface area contributed by atoms with Crippen LogP contribution in [0.25, 0.3) is 10.6 Å². The van der Waals surface area contributed by atoms with Crippen LogP contribution in [0.4, 0.5) is 5.95 Å². The minimum Gasteiger partial charge on any atom is -0.439 e. The molecule has 2 heterocycles. The van der Waals surface area contributed by atoms with Crippen LogP contribution < -0.4 is 9.46 Å². The van der Waals surface area contributed by atoms with E-state index in [-0.39, 0.29) is 23.3 Å². The third kappa shape index (κ3) is 4.65. The first-order chi connectivity index (χ1) is 14.5. The number of para-hydroxylation sites is 1. The lowest BCUT2D eigenvalue weighted by Crippen LogP contribution is -2.15. The molecule has 0 atom stereocenters. The number of benzene rings is 2. The Labute approximate surface area is 177 Å². The molecular formula is C21H17N3O4S2. The molecule has 0 aliphatic heterocycles. The highest BCUT2D eigenvalue weighted by Crippen LogP contribution is 2.31. The summed E-state index contributed by atoms with van der Waals surface area (Å²) in [6.45, 7) is -0.0867. The molecule has 2 aromatic carbocycles. The van der Waals surface area contributed by atoms with E-state index in [2.05, 4.69) is 14.7 Å². The van der Waals surface area contributed by atoms with Gasteiger partial charge in [0.05, 0.1) is 22.1 Å². The maximum Gasteiger partial charge on any atom is 0.264 e. The Morgan fingerprint density at radius 2 is 1.63 bits per heavy atom. The molecule has 0 bridgehead atoms. The first-order valence-corrected chi connectivity index (χ1v) is 11.2. The van der Waals surface area contributed by atoms with Gasteiger partial charge in [0.15, 0.2) is 0 Å². The summed E-state index contributed by atoms with van der Waals surface area (Å²) >= 11 is 1.35. The van der Waals surface area contributed by atoms with E-state index >= 15 is 0 Å². The quantitative estimate of drug-likeness (QED) is 0.445. The van der Waals surface area contributed by atoms with E-state index in [0.29, 0.717) is 11.4 Å². The molecule has 2 N–H and O–H groups in total. The molecule has 0 radical (unpaired) electrons. The van der Waals surface area contributed by atoms with Gasteiger partial charge in [0.25, 0.3) is 10.0 Å². The normalized spacial score (nSPS) is 11.2. The lowest BCUT2D eigenvalue weighted by molar-refractivity contribution is 0.285. The highest BCUT2D eigenvalue weighted by atomic mass is 32.2. The van der Waals surface area contributed by atoms with Crippen LogP contribution in [0.5, 0.6) is 11.6 Å². The van der Waals surface area contributed by atoms with E-state index in [0.717, 1.165) is 9.75 Å². The summed E-state index contributed by atoms with van der Waals surface area (Å²) in [6, 6.07) is 22.2. The molecule has 30 heavy (non-hydrogen) atoms. The Bertz CT molecular complexity index is 1240. The number of ether oxygens (including phenoxy) is 1. The second-order valence-electron chi connectivity index (χ2n) is 6.17. The third-order valence-electron chi connectivity index (χ3n) is 4.02. The van der Waals surface area contributed by atoms with Gasteiger partial charge in [0, 0.05) is 10.9 Å². The number of hydrogen-bond acceptors (Lipinski definition) is 7. The van der Waals surface area contributed by atoms with E-state index in [1.54, 1.807) is 48.5 Å². The summed E-state index contributed by atoms with van der Waals surface area (Å²) in [5, 5.41) is 9.34. The number of thiophene rings is 1. The van der Waals surface area contributed by atoms with Crippen molar-refractivity contribution in [2.45, 2.75) is 11.5 Å². The van der Waals surface area contributed by atoms with Crippen LogP contribution in [0.2, 0.25) is 0 Å². The van der Waals surface area contributed by atoms with Crippen LogP contribution in [0.1, 0.15) is 4.88 Å². The topological polar surface area (TPSA) is 101 Å². The minimum absolute atomic E-state index is 0.0867. The summed E-state index contributed by atoms with van der Waals surface area (Å²) in [5.41, 5.74) is 0.478. The van der Waals surface area contributed by atoms with Crippen molar-refractivity contribution in [3.8, 4) is 22.2 Å². The standard InChI is InChI=1S/C21H17N3O4S2/c25-14-16-11-12-19(29-16)18-13-20(28-15-7-3-1-4-8-15)23-21(22-18)24-30(26,27)17-9-5-2-6-10-17/h1-13,25H,14H2,(H,22,23,24). The molecule has 0 saturated carbocycles. The molecule has 7 nitrogen and oxygen atoms in total. The van der Waals surface area contributed by atoms with Crippen molar-refractivity contribution in [1.29, 1.82) is 0 Å². The number of sulfonamides is 1. The molecule has 2 aromatic heterocycles. The summed E-state index contributed by atoms with van der Waals surface area (Å²) in [6.07, 6.45) is 0. The SMILES string of the molecule is O=S(=O)(Nc1nc(Oc2ccccc2)cc(-c2ccc(CO)s2)n1)c1ccccc1. The first-order valence-electron chi connectivity index (χ1n) is 8.93. The summed E-state index contributed by atoms with van der Waals surface area (Å²) < 4.78 is 33.6. The number of aromatic nitrogens is 2. The number of aliphatic hydroxyl groups is 1. The van der Waals surface area contributed by atoms with Crippen molar-refractivity contribution in [2.24, 2.45) is 0 Å². The van der Waals surface area contributed by atoms with E-state index in [1.165, 1.54) is 23.5 Å². The van der Waals surface area contributed by atoms with Gasteiger partial charge >= 0.3 is 0 Å². The van der Waals surface area contributed by atoms with E-state index in [9.17, 15) is 13.5 Å². The first kappa shape index (κ1) is 20.0. The number of rotatable bonds is 7. The summed E-state index contributed by atoms with van der Waals surface area (Å²) in [7, 11) is -3.87. The summed E-state index contributed by atoms with van der Waals surface area (Å²) in [4.78, 5) is 10.2. The van der Waals surface area contributed by atoms with E-state index < -0.39 is 10.0 Å². The Morgan fingerprint density at radius 3 is 2.30 bits per heavy atom. The number of nitrogens with zero attached hydrogens (tertiary/aromatic N) is 2. The average Bonchev–Trinajstić information content (AvgIpc) is 3.24. The zero-order valence-electron chi connectivity index (χ0n) is 15.6. The molecule has 0 unspecified atom stereocenters. The Morgan fingerprint density at radius 1 is 0.933 bits per heavy atom. The van der Waals surface area contributed by atoms with Crippen LogP contribution in [0.3, 0.4) is 0 Å². The highest BCUT2D eigenvalue weighted by Gasteiger charge is 2.18. The highest BCUT2D eigenvalue weighted by molar-refractivity contribution is 7.92. The van der Waals surface area contributed by atoms with Crippen molar-refractivity contribution in [2.75, 3.05) is 4.72 Å². The Hall–Kier alpha value is -3.27. The lowest BCUT2D eigenvalue weighted by atomic mass is 10.3. The average molecular weight is 440 g/mol. The van der Waals surface area contributed by atoms with Gasteiger partial charge in [-0.2, -0.15) is 4.98 Å². The molecule has 0 fully saturated rings. The molecule has 4 aromatic rings. The van der Waals surface area contributed by atoms with Crippen molar-refractivity contribution in [3.05, 3.63) is 83.7 Å². The van der Waals surface area contributed by atoms with Crippen molar-refractivity contribution in [1.82, 2.24) is 9.97 Å². The van der Waals surface area contributed by atoms with Crippen LogP contribution in [-0.2, 0) is 16.6 Å². The zero-order valence-corrected chi connectivity index (χ0v) is 17.2. The number of aliphatic hydroxyl groups excluding tert-OH is 1. The van der Waals surface area contributed by atoms with Gasteiger partial charge in [-0.25, -0.2) is 18.1 Å². The van der Waals surface area contributed by atoms with Crippen LogP contribution in [-0.4, -0.2) is 23.5 Å². The van der Waals surface area contributed by atoms with Crippen LogP contribution in [0, 0.1) is 0 Å². The van der Waals surface area contributed by atoms with Gasteiger partial charge in [-0.3, -0.25) is 0 Å². The van der Waals surface area contributed by atoms with Crippen LogP contribution >= 0.6 is 11.3 Å². The lowest BCUT2D eigenvalue weighted by Gasteiger charge is -2.11. The van der Waals surface area contributed by atoms with Crippen molar-refractivity contribution >= 4 is 27.3 Å². The fourth-order valence-corrected chi connectivity index (χ4v) is 4.43. The van der Waals surface area contributed by atoms with Gasteiger partial charge in [-0.1, -0.05) is 36.4 Å². The Kier molecular flexibility index (Phi) is 5.75. The molecule has 0 saturated heterocycles. The predicted molar refractivity (Wildman–Crippen MR) is 115 cm³/mol. The fourth-order valence-electron chi connectivity index (χ4n) is 2.64. The molecule has 152 valence electrons. The van der Waals surface area contributed by atoms with Crippen molar-refractivity contribution in [3.63, 3.8) is 0 Å². The molecule has 0 aliphatic carbocycles. The van der Waals surface area contributed by atoms with E-state index in [4.69, 9.17) is 4.74 Å². The zero-order chi connectivity index (χ0) is 21.0. The number of nitrogens with one attached hydrogen (secondary N) is 1. The van der Waals surface area contributed by atoms with E-state index in [1.807, 2.05) is 18.2 Å². The second kappa shape index (κ2) is 8.62. The minimum atomic E-state index is -3.87. The van der Waals surface area contributed by atoms with Gasteiger partial charge in [0.2, 0.25) is 11.8 Å². The van der Waals surface area contributed by atoms with Gasteiger partial charge < -0.3 is 9.84 Å². The maximum atomic E-state index is 12.7. The van der Waals surface area contributed by atoms with Gasteiger partial charge in [-0.05, 0) is 36.4 Å². The Balaban J connectivity index is 1.73. The largest absolute Gasteiger partial charge is 0.439 e. The monoisotopic (exact) mass is 439 g/mol. The molecule has 0 spiro atoms.